The molecule has 1 aromatic rings. The van der Waals surface area contributed by atoms with E-state index in [9.17, 15) is 14.7 Å². The van der Waals surface area contributed by atoms with Crippen molar-refractivity contribution < 1.29 is 75.1 Å². The van der Waals surface area contributed by atoms with Gasteiger partial charge in [-0.25, -0.2) is 4.79 Å². The molecule has 8 aliphatic rings. The first kappa shape index (κ1) is 79.8. The lowest BCUT2D eigenvalue weighted by atomic mass is 9.81. The third-order valence-corrected chi connectivity index (χ3v) is 42.8. The van der Waals surface area contributed by atoms with Crippen molar-refractivity contribution in [2.75, 3.05) is 18.1 Å². The van der Waals surface area contributed by atoms with Crippen LogP contribution in [-0.4, -0.2) is 178 Å². The Kier molecular flexibility index (Phi) is 26.6. The summed E-state index contributed by atoms with van der Waals surface area (Å²) in [4.78, 5) is 42.7. The number of carbonyl (C=O) groups excluding carboxylic acids is 3. The second-order valence-electron chi connectivity index (χ2n) is 34.7. The minimum absolute atomic E-state index is 0.0280. The summed E-state index contributed by atoms with van der Waals surface area (Å²) in [6.45, 7) is 53.1. The summed E-state index contributed by atoms with van der Waals surface area (Å²) in [6, 6.07) is 9.07. The van der Waals surface area contributed by atoms with Crippen LogP contribution in [0.2, 0.25) is 72.5 Å². The number of ketones is 1. The maximum atomic E-state index is 15.2. The molecule has 5 saturated heterocycles. The van der Waals surface area contributed by atoms with E-state index in [0.717, 1.165) is 22.8 Å². The van der Waals surface area contributed by atoms with Gasteiger partial charge in [-0.15, -0.1) is 0 Å². The molecule has 5 fully saturated rings. The Balaban J connectivity index is 1.30. The summed E-state index contributed by atoms with van der Waals surface area (Å²) in [6.07, 6.45) is 0.500. The van der Waals surface area contributed by atoms with Crippen LogP contribution in [0.3, 0.4) is 0 Å². The van der Waals surface area contributed by atoms with Gasteiger partial charge in [-0.1, -0.05) is 143 Å². The van der Waals surface area contributed by atoms with Crippen LogP contribution in [0.15, 0.2) is 54.6 Å². The number of methoxy groups -OCH3 is 1. The molecule has 8 heterocycles. The van der Waals surface area contributed by atoms with E-state index < -0.39 is 130 Å². The van der Waals surface area contributed by atoms with Crippen LogP contribution in [0.1, 0.15) is 184 Å². The summed E-state index contributed by atoms with van der Waals surface area (Å²) in [5, 5.41) is 12.6. The van der Waals surface area contributed by atoms with Crippen molar-refractivity contribution in [2.45, 2.75) is 350 Å². The molecule has 13 unspecified atom stereocenters. The summed E-state index contributed by atoms with van der Waals surface area (Å²) < 4.78 is 85.1. The van der Waals surface area contributed by atoms with Crippen LogP contribution in [0.5, 0.6) is 0 Å². The van der Waals surface area contributed by atoms with Gasteiger partial charge in [-0.2, -0.15) is 0 Å². The van der Waals surface area contributed by atoms with Crippen molar-refractivity contribution in [2.24, 2.45) is 11.8 Å². The molecule has 8 aliphatic heterocycles. The Bertz CT molecular complexity index is 2720. The molecule has 19 atom stereocenters. The predicted octanol–water partition coefficient (Wildman–Crippen LogP) is 16.0. The lowest BCUT2D eigenvalue weighted by Gasteiger charge is -2.53. The molecule has 0 saturated carbocycles. The largest absolute Gasteiger partial charge is 0.458 e. The van der Waals surface area contributed by atoms with Crippen LogP contribution in [0.25, 0.3) is 0 Å². The zero-order chi connectivity index (χ0) is 70.1. The highest BCUT2D eigenvalue weighted by atomic mass is 127. The fraction of sp³-hybridized carbons (Fsp3) is 0.822. The number of Topliss-reactive ketones (excluding diaryl/α,β-unsaturated/α-hetero) is 1. The number of halogens is 1. The second kappa shape index (κ2) is 31.4. The Morgan fingerprint density at radius 3 is 1.89 bits per heavy atom. The molecule has 7 bridgehead atoms. The number of ether oxygens (including phenoxy) is 8. The number of hydrogen-bond acceptors (Lipinski definition) is 16. The van der Waals surface area contributed by atoms with Crippen molar-refractivity contribution in [1.82, 2.24) is 0 Å². The van der Waals surface area contributed by atoms with Crippen LogP contribution < -0.4 is 0 Å². The number of aliphatic hydroxyl groups excluding tert-OH is 1. The first-order valence-corrected chi connectivity index (χ1v) is 48.5. The van der Waals surface area contributed by atoms with Gasteiger partial charge in [0.2, 0.25) is 0 Å². The SMILES string of the molecule is C=C1C(C)C[C@H]2CC[C@@H]3O[C@@H](CCC(OC(=O)c4ccccc4)/C=C/C(O[Si](C)(C)C(C)(C)C)C4O[C@H]5CCC(CC(=O)CC6C(CC1OC(C)=O)OC(CC(CO[Si](C)(C)C(C)(C)C)O[Si](C)(C)C(C)(C)C)[C@@H]6OC)OC5[C@H](O)C4O[Si](C)(C)C(C)(C)C)CC3(CI)O2. The lowest BCUT2D eigenvalue weighted by molar-refractivity contribution is -0.269. The molecule has 21 heteroatoms. The quantitative estimate of drug-likeness (QED) is 0.0542. The van der Waals surface area contributed by atoms with E-state index in [1.54, 1.807) is 19.2 Å². The molecule has 9 rings (SSSR count). The van der Waals surface area contributed by atoms with Crippen LogP contribution in [-0.2, 0) is 65.2 Å². The first-order chi connectivity index (χ1) is 43.3. The van der Waals surface area contributed by atoms with Gasteiger partial charge in [-0.3, -0.25) is 9.59 Å². The monoisotopic (exact) mass is 1500 g/mol. The molecule has 0 aliphatic carbocycles. The molecule has 1 N–H and O–H groups in total. The van der Waals surface area contributed by atoms with E-state index in [-0.39, 0.29) is 75.5 Å². The molecular formula is C73H125IO16Si4. The maximum Gasteiger partial charge on any atom is 0.338 e. The van der Waals surface area contributed by atoms with Gasteiger partial charge in [0.05, 0.1) is 73.2 Å². The maximum absolute atomic E-state index is 15.2. The fourth-order valence-corrected chi connectivity index (χ4v) is 19.4. The number of carbonyl (C=O) groups is 3. The van der Waals surface area contributed by atoms with Crippen LogP contribution in [0.4, 0.5) is 0 Å². The third-order valence-electron chi connectivity index (χ3n) is 23.5. The Morgan fingerprint density at radius 1 is 0.691 bits per heavy atom. The standard InChI is InChI=1S/C73H125IO16Si4/c1-46-38-53-34-37-62-73(45-74,87-53)43-54(82-62)31-30-51(84-68(78)49-28-26-25-27-29-49)32-36-58(89-93(21,22)71(10,11)12)66-67(90-94(23,24)72(13,14)15)63(77)65-57(86-66)35-33-52(83-65)39-50(76)40-56-60(42-59(47(46)2)81-48(3)75)85-61(64(56)79-16)41-55(88-92(19,20)70(7,8)9)44-80-91(17,18)69(4,5)6/h25-29,32,36,46,51-67,77H,2,30-31,33-35,37-45H2,1,3-24H3/b36-32+/t46?,51?,52?,53-,54+,55?,56?,57+,58?,59?,60?,61?,62+,63+,64-,65?,66?,67?,73?/m1/s1. The summed E-state index contributed by atoms with van der Waals surface area (Å²) in [7, 11) is -8.21. The van der Waals surface area contributed by atoms with Gasteiger partial charge >= 0.3 is 11.9 Å². The minimum atomic E-state index is -2.68. The Morgan fingerprint density at radius 2 is 1.30 bits per heavy atom. The number of hydrogen-bond donors (Lipinski definition) is 1. The van der Waals surface area contributed by atoms with Gasteiger partial charge in [0.15, 0.2) is 33.3 Å². The van der Waals surface area contributed by atoms with Crippen LogP contribution in [0, 0.1) is 11.8 Å². The average Bonchev–Trinajstić information content (AvgIpc) is 0.957. The van der Waals surface area contributed by atoms with Gasteiger partial charge in [0.1, 0.15) is 48.0 Å². The zero-order valence-corrected chi connectivity index (χ0v) is 68.1. The normalized spacial score (nSPS) is 34.8. The van der Waals surface area contributed by atoms with Crippen molar-refractivity contribution in [3.63, 3.8) is 0 Å². The van der Waals surface area contributed by atoms with Crippen molar-refractivity contribution in [3.8, 4) is 0 Å². The van der Waals surface area contributed by atoms with Crippen molar-refractivity contribution >= 4 is 73.6 Å². The summed E-state index contributed by atoms with van der Waals surface area (Å²) >= 11 is 2.45. The highest BCUT2D eigenvalue weighted by molar-refractivity contribution is 14.1. The van der Waals surface area contributed by atoms with E-state index in [2.05, 4.69) is 165 Å². The van der Waals surface area contributed by atoms with Gasteiger partial charge in [0, 0.05) is 56.5 Å². The minimum Gasteiger partial charge on any atom is -0.458 e. The fourth-order valence-electron chi connectivity index (χ4n) is 13.5. The van der Waals surface area contributed by atoms with Gasteiger partial charge in [0.25, 0.3) is 0 Å². The number of esters is 2. The number of rotatable bonds is 16. The first-order valence-electron chi connectivity index (χ1n) is 35.4. The molecule has 1 aromatic carbocycles. The second-order valence-corrected chi connectivity index (χ2v) is 54.6. The number of fused-ring (bicyclic) bond motifs is 2. The molecule has 0 spiro atoms. The average molecular weight is 1500 g/mol. The smallest absolute Gasteiger partial charge is 0.338 e. The van der Waals surface area contributed by atoms with Crippen molar-refractivity contribution in [1.29, 1.82) is 0 Å². The highest BCUT2D eigenvalue weighted by Crippen LogP contribution is 2.49. The van der Waals surface area contributed by atoms with E-state index >= 15 is 4.79 Å². The van der Waals surface area contributed by atoms with E-state index in [1.165, 1.54) is 6.92 Å². The number of benzene rings is 1. The van der Waals surface area contributed by atoms with Gasteiger partial charge in [-0.05, 0) is 147 Å². The Hall–Kier alpha value is -1.53. The molecule has 0 radical (unpaired) electrons. The summed E-state index contributed by atoms with van der Waals surface area (Å²) in [5.74, 6) is -1.48. The zero-order valence-electron chi connectivity index (χ0n) is 62.0. The topological polar surface area (TPSA) is 182 Å². The molecule has 16 nitrogen and oxygen atoms in total. The number of alkyl halides is 1. The van der Waals surface area contributed by atoms with Crippen LogP contribution >= 0.6 is 22.6 Å². The molecule has 0 amide bonds. The molecular weight excluding hydrogens is 1370 g/mol. The molecule has 0 aromatic heterocycles. The molecule has 94 heavy (non-hydrogen) atoms. The van der Waals surface area contributed by atoms with Gasteiger partial charge < -0.3 is 60.7 Å². The highest BCUT2D eigenvalue weighted by Gasteiger charge is 2.57. The number of aliphatic hydroxyl groups is 1. The Labute approximate surface area is 584 Å². The lowest BCUT2D eigenvalue weighted by Crippen LogP contribution is -2.67. The van der Waals surface area contributed by atoms with Crippen molar-refractivity contribution in [3.05, 3.63) is 60.2 Å². The van der Waals surface area contributed by atoms with E-state index in [1.807, 2.05) is 30.4 Å². The van der Waals surface area contributed by atoms with E-state index in [0.29, 0.717) is 57.1 Å². The third kappa shape index (κ3) is 19.5. The molecule has 536 valence electrons. The summed E-state index contributed by atoms with van der Waals surface area (Å²) in [5.41, 5.74) is 0.654. The predicted molar refractivity (Wildman–Crippen MR) is 390 cm³/mol. The van der Waals surface area contributed by atoms with E-state index in [4.69, 9.17) is 62.2 Å².